The second kappa shape index (κ2) is 10.8. The van der Waals surface area contributed by atoms with E-state index >= 15 is 0 Å². The van der Waals surface area contributed by atoms with Gasteiger partial charge in [0.25, 0.3) is 0 Å². The number of hydrogen-bond acceptors (Lipinski definition) is 4. The molecule has 0 aliphatic carbocycles. The van der Waals surface area contributed by atoms with Crippen molar-refractivity contribution in [2.45, 2.75) is 45.8 Å². The molecular weight excluding hydrogens is 384 g/mol. The van der Waals surface area contributed by atoms with Crippen molar-refractivity contribution in [2.24, 2.45) is 5.73 Å². The summed E-state index contributed by atoms with van der Waals surface area (Å²) in [6.45, 7) is 8.20. The number of aryl methyl sites for hydroxylation is 1. The van der Waals surface area contributed by atoms with E-state index in [1.165, 1.54) is 11.1 Å². The van der Waals surface area contributed by atoms with Crippen LogP contribution in [0.4, 0.5) is 5.69 Å². The number of hydrogen-bond donors (Lipinski definition) is 1. The largest absolute Gasteiger partial charge is 0.362 e. The van der Waals surface area contributed by atoms with Crippen molar-refractivity contribution < 1.29 is 4.79 Å². The third-order valence-electron chi connectivity index (χ3n) is 4.79. The first-order chi connectivity index (χ1) is 13.8. The molecule has 1 amide bonds. The second-order valence-corrected chi connectivity index (χ2v) is 8.02. The lowest BCUT2D eigenvalue weighted by atomic mass is 10.1. The molecule has 0 radical (unpaired) electrons. The predicted octanol–water partition coefficient (Wildman–Crippen LogP) is 4.11. The van der Waals surface area contributed by atoms with Gasteiger partial charge >= 0.3 is 0 Å². The Morgan fingerprint density at radius 2 is 2.03 bits per heavy atom. The molecule has 1 unspecified atom stereocenters. The highest BCUT2D eigenvalue weighted by Crippen LogP contribution is 2.29. The topological polar surface area (TPSA) is 73.4 Å². The monoisotopic (exact) mass is 412 g/mol. The SMILES string of the molecule is CC(C)N.Cc1ccccc1CN(c1ccc(C#N)c(Cl)c1)C1CCN(C=O)C1. The number of carbonyl (C=O) groups is 1. The molecule has 1 saturated heterocycles. The Morgan fingerprint density at radius 3 is 2.59 bits per heavy atom. The third kappa shape index (κ3) is 6.49. The summed E-state index contributed by atoms with van der Waals surface area (Å²) in [4.78, 5) is 15.2. The molecule has 1 aliphatic rings. The van der Waals surface area contributed by atoms with Gasteiger partial charge in [0.2, 0.25) is 6.41 Å². The van der Waals surface area contributed by atoms with Crippen molar-refractivity contribution in [1.82, 2.24) is 4.90 Å². The van der Waals surface area contributed by atoms with E-state index in [1.54, 1.807) is 11.0 Å². The van der Waals surface area contributed by atoms with E-state index in [4.69, 9.17) is 22.6 Å². The van der Waals surface area contributed by atoms with Crippen molar-refractivity contribution in [3.63, 3.8) is 0 Å². The van der Waals surface area contributed by atoms with Gasteiger partial charge in [0.05, 0.1) is 10.6 Å². The molecule has 154 valence electrons. The van der Waals surface area contributed by atoms with Gasteiger partial charge in [-0.3, -0.25) is 4.79 Å². The predicted molar refractivity (Wildman–Crippen MR) is 119 cm³/mol. The molecule has 2 aromatic rings. The lowest BCUT2D eigenvalue weighted by Crippen LogP contribution is -2.37. The molecule has 1 fully saturated rings. The Labute approximate surface area is 178 Å². The van der Waals surface area contributed by atoms with Crippen molar-refractivity contribution in [1.29, 1.82) is 5.26 Å². The lowest BCUT2D eigenvalue weighted by Gasteiger charge is -2.32. The number of likely N-dealkylation sites (tertiary alicyclic amines) is 1. The number of amides is 1. The molecule has 1 atom stereocenters. The number of carbonyl (C=O) groups excluding carboxylic acids is 1. The van der Waals surface area contributed by atoms with Crippen molar-refractivity contribution >= 4 is 23.7 Å². The molecule has 0 aromatic heterocycles. The molecule has 1 heterocycles. The van der Waals surface area contributed by atoms with Gasteiger partial charge < -0.3 is 15.5 Å². The number of benzene rings is 2. The van der Waals surface area contributed by atoms with Gasteiger partial charge in [-0.1, -0.05) is 49.7 Å². The van der Waals surface area contributed by atoms with E-state index < -0.39 is 0 Å². The summed E-state index contributed by atoms with van der Waals surface area (Å²) < 4.78 is 0. The van der Waals surface area contributed by atoms with E-state index in [1.807, 2.05) is 38.1 Å². The molecule has 3 rings (SSSR count). The van der Waals surface area contributed by atoms with Gasteiger partial charge in [0.15, 0.2) is 0 Å². The highest BCUT2D eigenvalue weighted by Gasteiger charge is 2.28. The van der Waals surface area contributed by atoms with E-state index in [9.17, 15) is 4.79 Å². The third-order valence-corrected chi connectivity index (χ3v) is 5.10. The fourth-order valence-corrected chi connectivity index (χ4v) is 3.51. The summed E-state index contributed by atoms with van der Waals surface area (Å²) in [6, 6.07) is 16.5. The highest BCUT2D eigenvalue weighted by molar-refractivity contribution is 6.32. The Bertz CT molecular complexity index is 859. The van der Waals surface area contributed by atoms with Gasteiger partial charge in [-0.2, -0.15) is 5.26 Å². The Morgan fingerprint density at radius 1 is 1.34 bits per heavy atom. The van der Waals surface area contributed by atoms with Gasteiger partial charge in [0.1, 0.15) is 6.07 Å². The molecule has 5 nitrogen and oxygen atoms in total. The zero-order valence-electron chi connectivity index (χ0n) is 17.3. The van der Waals surface area contributed by atoms with E-state index in [0.717, 1.165) is 31.6 Å². The summed E-state index contributed by atoms with van der Waals surface area (Å²) in [7, 11) is 0. The van der Waals surface area contributed by atoms with Crippen molar-refractivity contribution in [3.05, 3.63) is 64.2 Å². The minimum atomic E-state index is 0.230. The quantitative estimate of drug-likeness (QED) is 0.750. The zero-order chi connectivity index (χ0) is 21.4. The van der Waals surface area contributed by atoms with Crippen LogP contribution in [-0.4, -0.2) is 36.5 Å². The lowest BCUT2D eigenvalue weighted by molar-refractivity contribution is -0.117. The first kappa shape index (κ1) is 22.7. The molecule has 1 aliphatic heterocycles. The van der Waals surface area contributed by atoms with E-state index in [2.05, 4.69) is 30.0 Å². The molecule has 6 heteroatoms. The first-order valence-corrected chi connectivity index (χ1v) is 10.2. The van der Waals surface area contributed by atoms with Crippen LogP contribution in [0, 0.1) is 18.3 Å². The molecule has 0 bridgehead atoms. The molecular formula is C23H29ClN4O. The summed E-state index contributed by atoms with van der Waals surface area (Å²) in [6.07, 6.45) is 1.83. The van der Waals surface area contributed by atoms with Crippen LogP contribution in [-0.2, 0) is 11.3 Å². The molecule has 29 heavy (non-hydrogen) atoms. The first-order valence-electron chi connectivity index (χ1n) is 9.81. The number of nitrogens with two attached hydrogens (primary N) is 1. The molecule has 0 spiro atoms. The van der Waals surface area contributed by atoms with Gasteiger partial charge in [-0.05, 0) is 48.7 Å². The Balaban J connectivity index is 0.000000687. The van der Waals surface area contributed by atoms with Crippen LogP contribution < -0.4 is 10.6 Å². The van der Waals surface area contributed by atoms with Gasteiger partial charge in [-0.15, -0.1) is 0 Å². The van der Waals surface area contributed by atoms with Gasteiger partial charge in [0, 0.05) is 31.4 Å². The smallest absolute Gasteiger partial charge is 0.209 e. The Kier molecular flexibility index (Phi) is 8.50. The van der Waals surface area contributed by atoms with Crippen molar-refractivity contribution in [3.8, 4) is 6.07 Å². The van der Waals surface area contributed by atoms with Crippen LogP contribution in [0.15, 0.2) is 42.5 Å². The molecule has 2 aromatic carbocycles. The average molecular weight is 413 g/mol. The number of rotatable bonds is 5. The van der Waals surface area contributed by atoms with Crippen LogP contribution in [0.1, 0.15) is 37.0 Å². The zero-order valence-corrected chi connectivity index (χ0v) is 18.1. The summed E-state index contributed by atoms with van der Waals surface area (Å²) in [5.74, 6) is 0. The second-order valence-electron chi connectivity index (χ2n) is 7.62. The van der Waals surface area contributed by atoms with Crippen LogP contribution in [0.2, 0.25) is 5.02 Å². The van der Waals surface area contributed by atoms with Crippen molar-refractivity contribution in [2.75, 3.05) is 18.0 Å². The average Bonchev–Trinajstić information content (AvgIpc) is 3.16. The molecule has 0 saturated carbocycles. The maximum atomic E-state index is 11.1. The van der Waals surface area contributed by atoms with E-state index in [0.29, 0.717) is 23.2 Å². The fourth-order valence-electron chi connectivity index (χ4n) is 3.29. The minimum absolute atomic E-state index is 0.230. The minimum Gasteiger partial charge on any atom is -0.362 e. The Hall–Kier alpha value is -2.55. The number of anilines is 1. The number of nitrogens with zero attached hydrogens (tertiary/aromatic N) is 3. The summed E-state index contributed by atoms with van der Waals surface area (Å²) in [5.41, 5.74) is 9.04. The fraction of sp³-hybridized carbons (Fsp3) is 0.391. The maximum Gasteiger partial charge on any atom is 0.209 e. The number of nitriles is 1. The normalized spacial score (nSPS) is 15.5. The standard InChI is InChI=1S/C20H20ClN3O.C3H9N/c1-15-4-2-3-5-17(15)12-24(19-8-9-23(13-19)14-25)18-7-6-16(11-22)20(21)10-18;1-3(2)4/h2-7,10,14,19H,8-9,12-13H2,1H3;3H,4H2,1-2H3. The number of halogens is 1. The maximum absolute atomic E-state index is 11.1. The summed E-state index contributed by atoms with van der Waals surface area (Å²) >= 11 is 6.25. The summed E-state index contributed by atoms with van der Waals surface area (Å²) in [5, 5.41) is 9.56. The van der Waals surface area contributed by atoms with Crippen LogP contribution in [0.5, 0.6) is 0 Å². The van der Waals surface area contributed by atoms with Crippen LogP contribution >= 0.6 is 11.6 Å². The van der Waals surface area contributed by atoms with Crippen LogP contribution in [0.25, 0.3) is 0 Å². The van der Waals surface area contributed by atoms with E-state index in [-0.39, 0.29) is 6.04 Å². The highest BCUT2D eigenvalue weighted by atomic mass is 35.5. The van der Waals surface area contributed by atoms with Crippen LogP contribution in [0.3, 0.4) is 0 Å². The molecule has 2 N–H and O–H groups in total. The van der Waals surface area contributed by atoms with Gasteiger partial charge in [-0.25, -0.2) is 0 Å².